The second-order valence-corrected chi connectivity index (χ2v) is 7.52. The van der Waals surface area contributed by atoms with E-state index in [1.54, 1.807) is 4.90 Å². The first-order valence-corrected chi connectivity index (χ1v) is 8.59. The van der Waals surface area contributed by atoms with Crippen molar-refractivity contribution >= 4 is 28.3 Å². The van der Waals surface area contributed by atoms with Gasteiger partial charge in [-0.25, -0.2) is 13.1 Å². The van der Waals surface area contributed by atoms with Crippen LogP contribution in [0.15, 0.2) is 0 Å². The highest BCUT2D eigenvalue weighted by molar-refractivity contribution is 7.88. The molecule has 1 heterocycles. The molecular formula is C12H26ClN3O3S. The summed E-state index contributed by atoms with van der Waals surface area (Å²) < 4.78 is 24.7. The van der Waals surface area contributed by atoms with Crippen LogP contribution in [0.3, 0.4) is 0 Å². The Balaban J connectivity index is 0.00000361. The lowest BCUT2D eigenvalue weighted by atomic mass is 9.96. The Bertz CT molecular complexity index is 414. The molecule has 6 nitrogen and oxygen atoms in total. The molecule has 2 atom stereocenters. The van der Waals surface area contributed by atoms with Crippen LogP contribution in [0, 0.1) is 11.8 Å². The Labute approximate surface area is 127 Å². The number of halogens is 1. The first-order valence-electron chi connectivity index (χ1n) is 6.69. The van der Waals surface area contributed by atoms with Crippen molar-refractivity contribution in [2.24, 2.45) is 17.6 Å². The van der Waals surface area contributed by atoms with Crippen molar-refractivity contribution in [2.45, 2.75) is 32.7 Å². The zero-order chi connectivity index (χ0) is 14.6. The summed E-state index contributed by atoms with van der Waals surface area (Å²) in [5, 5.41) is 0. The number of carbonyl (C=O) groups is 1. The van der Waals surface area contributed by atoms with E-state index in [0.29, 0.717) is 19.6 Å². The van der Waals surface area contributed by atoms with Gasteiger partial charge in [-0.15, -0.1) is 12.4 Å². The monoisotopic (exact) mass is 327 g/mol. The maximum atomic E-state index is 12.1. The fraction of sp³-hybridized carbons (Fsp3) is 0.917. The highest BCUT2D eigenvalue weighted by Crippen LogP contribution is 2.17. The lowest BCUT2D eigenvalue weighted by molar-refractivity contribution is -0.135. The molecule has 0 aliphatic carbocycles. The summed E-state index contributed by atoms with van der Waals surface area (Å²) in [7, 11) is -3.17. The average molecular weight is 328 g/mol. The van der Waals surface area contributed by atoms with Crippen molar-refractivity contribution in [3.63, 3.8) is 0 Å². The molecule has 1 fully saturated rings. The summed E-state index contributed by atoms with van der Waals surface area (Å²) in [4.78, 5) is 13.9. The quantitative estimate of drug-likeness (QED) is 0.753. The smallest absolute Gasteiger partial charge is 0.239 e. The van der Waals surface area contributed by atoms with Gasteiger partial charge in [-0.2, -0.15) is 0 Å². The third-order valence-electron chi connectivity index (χ3n) is 3.47. The molecule has 1 unspecified atom stereocenters. The Morgan fingerprint density at radius 1 is 1.45 bits per heavy atom. The number of nitrogens with one attached hydrogen (secondary N) is 1. The Morgan fingerprint density at radius 3 is 2.55 bits per heavy atom. The number of sulfonamides is 1. The minimum atomic E-state index is -3.17. The topological polar surface area (TPSA) is 92.5 Å². The van der Waals surface area contributed by atoms with E-state index >= 15 is 0 Å². The molecule has 3 N–H and O–H groups in total. The van der Waals surface area contributed by atoms with E-state index in [2.05, 4.69) is 4.72 Å². The molecule has 1 aliphatic rings. The molecule has 1 amide bonds. The Kier molecular flexibility index (Phi) is 8.01. The molecule has 1 aliphatic heterocycles. The Hall–Kier alpha value is -0.370. The predicted octanol–water partition coefficient (Wildman–Crippen LogP) is 0.179. The van der Waals surface area contributed by atoms with Gasteiger partial charge in [0.2, 0.25) is 15.9 Å². The highest BCUT2D eigenvalue weighted by atomic mass is 35.5. The van der Waals surface area contributed by atoms with Crippen LogP contribution in [-0.2, 0) is 14.8 Å². The summed E-state index contributed by atoms with van der Waals surface area (Å²) in [6.07, 6.45) is 2.98. The average Bonchev–Trinajstić information content (AvgIpc) is 2.34. The second-order valence-electron chi connectivity index (χ2n) is 5.68. The van der Waals surface area contributed by atoms with Gasteiger partial charge in [0, 0.05) is 19.6 Å². The summed E-state index contributed by atoms with van der Waals surface area (Å²) >= 11 is 0. The van der Waals surface area contributed by atoms with E-state index in [9.17, 15) is 13.2 Å². The predicted molar refractivity (Wildman–Crippen MR) is 82.2 cm³/mol. The highest BCUT2D eigenvalue weighted by Gasteiger charge is 2.28. The van der Waals surface area contributed by atoms with Gasteiger partial charge in [0.1, 0.15) is 0 Å². The van der Waals surface area contributed by atoms with Crippen molar-refractivity contribution < 1.29 is 13.2 Å². The molecule has 0 aromatic heterocycles. The lowest BCUT2D eigenvalue weighted by Gasteiger charge is -2.35. The van der Waals surface area contributed by atoms with Crippen LogP contribution in [0.25, 0.3) is 0 Å². The number of nitrogens with zero attached hydrogens (tertiary/aromatic N) is 1. The van der Waals surface area contributed by atoms with Crippen molar-refractivity contribution in [1.29, 1.82) is 0 Å². The van der Waals surface area contributed by atoms with E-state index in [1.165, 1.54) is 0 Å². The van der Waals surface area contributed by atoms with Crippen molar-refractivity contribution in [3.8, 4) is 0 Å². The number of nitrogens with two attached hydrogens (primary N) is 1. The molecule has 0 bridgehead atoms. The van der Waals surface area contributed by atoms with Gasteiger partial charge >= 0.3 is 0 Å². The number of piperidine rings is 1. The van der Waals surface area contributed by atoms with Crippen LogP contribution < -0.4 is 10.5 Å². The minimum absolute atomic E-state index is 0. The molecular weight excluding hydrogens is 302 g/mol. The van der Waals surface area contributed by atoms with Gasteiger partial charge in [-0.1, -0.05) is 13.8 Å². The van der Waals surface area contributed by atoms with Crippen LogP contribution in [0.1, 0.15) is 26.7 Å². The summed E-state index contributed by atoms with van der Waals surface area (Å²) in [6.45, 7) is 5.54. The van der Waals surface area contributed by atoms with E-state index < -0.39 is 16.1 Å². The zero-order valence-corrected chi connectivity index (χ0v) is 14.0. The van der Waals surface area contributed by atoms with Gasteiger partial charge in [0.25, 0.3) is 0 Å². The molecule has 0 aromatic carbocycles. The summed E-state index contributed by atoms with van der Waals surface area (Å²) in [5.41, 5.74) is 5.88. The zero-order valence-electron chi connectivity index (χ0n) is 12.3. The number of hydrogen-bond donors (Lipinski definition) is 2. The fourth-order valence-corrected chi connectivity index (χ4v) is 2.74. The maximum absolute atomic E-state index is 12.1. The molecule has 0 saturated carbocycles. The third kappa shape index (κ3) is 6.39. The molecule has 20 heavy (non-hydrogen) atoms. The SMILES string of the molecule is CC(C)[C@@H](N)C(=O)N1CCCC(CNS(C)(=O)=O)C1.Cl. The largest absolute Gasteiger partial charge is 0.341 e. The van der Waals surface area contributed by atoms with E-state index in [4.69, 9.17) is 5.73 Å². The normalized spacial score (nSPS) is 21.4. The molecule has 8 heteroatoms. The van der Waals surface area contributed by atoms with Gasteiger partial charge in [-0.05, 0) is 24.7 Å². The molecule has 1 rings (SSSR count). The van der Waals surface area contributed by atoms with Crippen LogP contribution in [-0.4, -0.2) is 51.2 Å². The number of amides is 1. The molecule has 0 aromatic rings. The Morgan fingerprint density at radius 2 is 2.05 bits per heavy atom. The lowest BCUT2D eigenvalue weighted by Crippen LogP contribution is -2.51. The van der Waals surface area contributed by atoms with Crippen LogP contribution in [0.2, 0.25) is 0 Å². The van der Waals surface area contributed by atoms with Gasteiger partial charge in [0.15, 0.2) is 0 Å². The molecule has 1 saturated heterocycles. The maximum Gasteiger partial charge on any atom is 0.239 e. The van der Waals surface area contributed by atoms with Crippen molar-refractivity contribution in [1.82, 2.24) is 9.62 Å². The first-order chi connectivity index (χ1) is 8.70. The van der Waals surface area contributed by atoms with Gasteiger partial charge in [0.05, 0.1) is 12.3 Å². The summed E-state index contributed by atoms with van der Waals surface area (Å²) in [5.74, 6) is 0.257. The number of rotatable bonds is 5. The van der Waals surface area contributed by atoms with Gasteiger partial charge in [-0.3, -0.25) is 4.79 Å². The van der Waals surface area contributed by atoms with E-state index in [0.717, 1.165) is 19.1 Å². The molecule has 120 valence electrons. The second kappa shape index (κ2) is 8.17. The van der Waals surface area contributed by atoms with E-state index in [-0.39, 0.29) is 30.2 Å². The minimum Gasteiger partial charge on any atom is -0.341 e. The van der Waals surface area contributed by atoms with Crippen LogP contribution in [0.5, 0.6) is 0 Å². The third-order valence-corrected chi connectivity index (χ3v) is 4.16. The standard InChI is InChI=1S/C12H25N3O3S.ClH/c1-9(2)11(13)12(16)15-6-4-5-10(8-15)7-14-19(3,17)18;/h9-11,14H,4-8,13H2,1-3H3;1H/t10?,11-;/m1./s1. The van der Waals surface area contributed by atoms with Crippen LogP contribution >= 0.6 is 12.4 Å². The first kappa shape index (κ1) is 19.6. The van der Waals surface area contributed by atoms with Crippen LogP contribution in [0.4, 0.5) is 0 Å². The number of likely N-dealkylation sites (tertiary alicyclic amines) is 1. The van der Waals surface area contributed by atoms with E-state index in [1.807, 2.05) is 13.8 Å². The number of hydrogen-bond acceptors (Lipinski definition) is 4. The van der Waals surface area contributed by atoms with Gasteiger partial charge < -0.3 is 10.6 Å². The molecule has 0 radical (unpaired) electrons. The van der Waals surface area contributed by atoms with Crippen molar-refractivity contribution in [2.75, 3.05) is 25.9 Å². The van der Waals surface area contributed by atoms with Crippen molar-refractivity contribution in [3.05, 3.63) is 0 Å². The molecule has 0 spiro atoms. The summed E-state index contributed by atoms with van der Waals surface area (Å²) in [6, 6.07) is -0.471. The number of carbonyl (C=O) groups excluding carboxylic acids is 1. The fourth-order valence-electron chi connectivity index (χ4n) is 2.20.